The zero-order valence-corrected chi connectivity index (χ0v) is 63.0. The number of halogens is 1. The van der Waals surface area contributed by atoms with Crippen LogP contribution in [0.3, 0.4) is 0 Å². The van der Waals surface area contributed by atoms with E-state index < -0.39 is 18.3 Å². The fourth-order valence-electron chi connectivity index (χ4n) is 17.1. The number of hydrogen-bond acceptors (Lipinski definition) is 17. The van der Waals surface area contributed by atoms with E-state index in [1.807, 2.05) is 124 Å². The van der Waals surface area contributed by atoms with Crippen molar-refractivity contribution < 1.29 is 29.7 Å². The summed E-state index contributed by atoms with van der Waals surface area (Å²) in [6.07, 6.45) is 32.9. The topological polar surface area (TPSA) is 287 Å². The fourth-order valence-corrected chi connectivity index (χ4v) is 17.2. The molecule has 3 aliphatic heterocycles. The van der Waals surface area contributed by atoms with Crippen molar-refractivity contribution in [3.8, 4) is 11.6 Å². The molecule has 6 N–H and O–H groups in total. The van der Waals surface area contributed by atoms with Crippen molar-refractivity contribution >= 4 is 61.6 Å². The van der Waals surface area contributed by atoms with Crippen LogP contribution in [0.4, 0.5) is 0 Å². The van der Waals surface area contributed by atoms with E-state index in [2.05, 4.69) is 96.5 Å². The number of nitrogens with one attached hydrogen (secondary N) is 3. The molecular weight excluding hydrogens is 1400 g/mol. The number of rotatable bonds is 13. The molecule has 0 bridgehead atoms. The highest BCUT2D eigenvalue weighted by molar-refractivity contribution is 6.29. The van der Waals surface area contributed by atoms with Crippen LogP contribution < -0.4 is 10.6 Å². The summed E-state index contributed by atoms with van der Waals surface area (Å²) in [5.74, 6) is 1.33. The van der Waals surface area contributed by atoms with Crippen molar-refractivity contribution in [1.29, 1.82) is 0 Å². The van der Waals surface area contributed by atoms with Crippen LogP contribution in [0.2, 0.25) is 5.15 Å². The average Bonchev–Trinajstić information content (AvgIpc) is 1.60. The average molecular weight is 1500 g/mol. The van der Waals surface area contributed by atoms with Crippen molar-refractivity contribution in [2.75, 3.05) is 14.1 Å². The van der Waals surface area contributed by atoms with Crippen molar-refractivity contribution in [1.82, 2.24) is 85.0 Å². The first-order chi connectivity index (χ1) is 53.9. The lowest BCUT2D eigenvalue weighted by atomic mass is 9.91. The van der Waals surface area contributed by atoms with Gasteiger partial charge in [0.05, 0.1) is 53.5 Å². The highest BCUT2D eigenvalue weighted by atomic mass is 35.5. The number of aliphatic hydroxyl groups is 3. The summed E-state index contributed by atoms with van der Waals surface area (Å²) in [5.41, 5.74) is 10.2. The van der Waals surface area contributed by atoms with Gasteiger partial charge in [-0.1, -0.05) is 154 Å². The number of pyridine rings is 6. The minimum atomic E-state index is -0.456. The zero-order valence-electron chi connectivity index (χ0n) is 62.2. The molecule has 0 spiro atoms. The standard InChI is InChI=1S/2C26H25N5O2.C23H22ClN3O2.C8H18N2.C3H4N2/c2*32-23-9-4-3-8-22(23)30-16-20-18-6-1-2-7-19(18)21(29-25(20)26(30)33)14-17-10-11-24(27-15-17)31-13-5-12-28-31;24-21-10-9-14(12-25-21)11-18-16-6-2-1-5-15(16)17-13-27(23(29)22(17)26-18)19-7-3-4-8-20(19)28;1-9-7-5-3-4-6-8(7)10-2;1-2-4-5-3-1/h2*1-2,5-7,10-13,15,22-23,32H,3-4,8-9,14,16H2;1-2,5-6,9-10,12,19-20,28H,3-4,7-8,11,13H2;7-10H,3-6H2,1-2H3;1-3H,(H,4,5)/t2*22-,23-;19-,20-;7-,8-;/m0001./s1. The van der Waals surface area contributed by atoms with Crippen LogP contribution in [0.25, 0.3) is 44.0 Å². The van der Waals surface area contributed by atoms with E-state index in [-0.39, 0.29) is 35.8 Å². The summed E-state index contributed by atoms with van der Waals surface area (Å²) in [7, 11) is 4.11. The number of likely N-dealkylation sites (N-methyl/N-ethyl adjacent to an activating group) is 2. The molecule has 4 aliphatic carbocycles. The number of fused-ring (bicyclic) bond motifs is 9. The minimum Gasteiger partial charge on any atom is -0.391 e. The van der Waals surface area contributed by atoms with Gasteiger partial charge in [0.25, 0.3) is 17.7 Å². The number of amides is 3. The molecule has 24 heteroatoms. The second-order valence-electron chi connectivity index (χ2n) is 29.7. The number of carbonyl (C=O) groups is 3. The minimum absolute atomic E-state index is 0.0601. The molecule has 23 nitrogen and oxygen atoms in total. The molecule has 7 aliphatic rings. The molecule has 110 heavy (non-hydrogen) atoms. The van der Waals surface area contributed by atoms with E-state index >= 15 is 0 Å². The number of aliphatic hydroxyl groups excluding tert-OH is 3. The highest BCUT2D eigenvalue weighted by Gasteiger charge is 2.43. The number of nitrogens with zero attached hydrogens (tertiary/aromatic N) is 14. The molecule has 8 atom stereocenters. The number of carbonyl (C=O) groups excluding carboxylic acids is 3. The molecule has 566 valence electrons. The van der Waals surface area contributed by atoms with E-state index in [4.69, 9.17) is 26.6 Å². The summed E-state index contributed by atoms with van der Waals surface area (Å²) in [5, 5.41) is 59.8. The lowest BCUT2D eigenvalue weighted by Gasteiger charge is -2.34. The largest absolute Gasteiger partial charge is 0.391 e. The van der Waals surface area contributed by atoms with Crippen molar-refractivity contribution in [3.05, 3.63) is 256 Å². The van der Waals surface area contributed by atoms with Gasteiger partial charge in [-0.25, -0.2) is 39.3 Å². The summed E-state index contributed by atoms with van der Waals surface area (Å²) < 4.78 is 3.44. The molecule has 19 rings (SSSR count). The summed E-state index contributed by atoms with van der Waals surface area (Å²) in [6.45, 7) is 1.56. The van der Waals surface area contributed by atoms with E-state index in [0.717, 1.165) is 171 Å². The summed E-state index contributed by atoms with van der Waals surface area (Å²) in [6, 6.07) is 42.7. The monoisotopic (exact) mass is 1500 g/mol. The van der Waals surface area contributed by atoms with Gasteiger partial charge < -0.3 is 40.7 Å². The number of H-pyrrole nitrogens is 1. The predicted molar refractivity (Wildman–Crippen MR) is 423 cm³/mol. The quantitative estimate of drug-likeness (QED) is 0.0585. The molecule has 0 unspecified atom stereocenters. The van der Waals surface area contributed by atoms with Crippen LogP contribution in [-0.2, 0) is 38.9 Å². The maximum atomic E-state index is 13.4. The van der Waals surface area contributed by atoms with Gasteiger partial charge in [-0.15, -0.1) is 0 Å². The van der Waals surface area contributed by atoms with E-state index in [1.165, 1.54) is 25.7 Å². The van der Waals surface area contributed by atoms with Crippen LogP contribution in [0, 0.1) is 0 Å². The molecule has 4 saturated carbocycles. The molecule has 3 aromatic carbocycles. The Morgan fingerprint density at radius 1 is 0.418 bits per heavy atom. The Balaban J connectivity index is 0.000000120. The zero-order chi connectivity index (χ0) is 75.6. The third-order valence-electron chi connectivity index (χ3n) is 22.9. The van der Waals surface area contributed by atoms with E-state index in [1.54, 1.807) is 46.4 Å². The SMILES string of the molecule is CN[C@@H]1CCCC[C@H]1NC.O=C1c2nc(Cc3ccc(-n4cccn4)nc3)c3ccccc3c2CN1[C@H]1CCCC[C@@H]1O.O=C1c2nc(Cc3ccc(-n4cccn4)nc3)c3ccccc3c2CN1[C@H]1CCCC[C@@H]1O.O=C1c2nc(Cc3ccc(Cl)nc3)c3ccccc3c2CN1[C@H]1CCCC[C@@H]1O.c1cn[nH]c1. The number of hydrogen-bond donors (Lipinski definition) is 6. The first kappa shape index (κ1) is 74.9. The molecule has 12 aromatic rings. The third-order valence-corrected chi connectivity index (χ3v) is 23.1. The molecule has 4 fully saturated rings. The molecule has 3 amide bonds. The Kier molecular flexibility index (Phi) is 23.6. The molecule has 0 saturated heterocycles. The fraction of sp³-hybridized carbons (Fsp3) is 0.372. The van der Waals surface area contributed by atoms with Crippen molar-refractivity contribution in [3.63, 3.8) is 0 Å². The first-order valence-corrected chi connectivity index (χ1v) is 39.2. The Hall–Kier alpha value is -10.5. The Morgan fingerprint density at radius 3 is 1.06 bits per heavy atom. The predicted octanol–water partition coefficient (Wildman–Crippen LogP) is 12.6. The number of benzene rings is 3. The smallest absolute Gasteiger partial charge is 0.273 e. The van der Waals surface area contributed by atoms with Gasteiger partial charge in [0.2, 0.25) is 0 Å². The van der Waals surface area contributed by atoms with Gasteiger partial charge in [0, 0.05) is 140 Å². The maximum absolute atomic E-state index is 13.4. The van der Waals surface area contributed by atoms with Gasteiger partial charge in [-0.2, -0.15) is 15.3 Å². The van der Waals surface area contributed by atoms with Crippen LogP contribution in [0.15, 0.2) is 183 Å². The normalized spacial score (nSPS) is 21.4. The Morgan fingerprint density at radius 2 is 0.773 bits per heavy atom. The van der Waals surface area contributed by atoms with Crippen LogP contribution in [-0.4, -0.2) is 170 Å². The Bertz CT molecular complexity index is 4890. The van der Waals surface area contributed by atoms with Gasteiger partial charge in [0.1, 0.15) is 22.2 Å². The third kappa shape index (κ3) is 16.4. The summed E-state index contributed by atoms with van der Waals surface area (Å²) in [4.78, 5) is 73.4. The van der Waals surface area contributed by atoms with Crippen LogP contribution in [0.5, 0.6) is 0 Å². The van der Waals surface area contributed by atoms with E-state index in [9.17, 15) is 29.7 Å². The number of aromatic amines is 1. The van der Waals surface area contributed by atoms with Gasteiger partial charge in [0.15, 0.2) is 11.6 Å². The Labute approximate surface area is 644 Å². The van der Waals surface area contributed by atoms with Gasteiger partial charge >= 0.3 is 0 Å². The number of aromatic nitrogens is 12. The molecular formula is C86H94ClN17O6. The lowest BCUT2D eigenvalue weighted by Crippen LogP contribution is -2.47. The van der Waals surface area contributed by atoms with Crippen molar-refractivity contribution in [2.45, 2.75) is 190 Å². The maximum Gasteiger partial charge on any atom is 0.273 e. The van der Waals surface area contributed by atoms with Crippen LogP contribution in [0.1, 0.15) is 185 Å². The second-order valence-corrected chi connectivity index (χ2v) is 30.0. The molecule has 12 heterocycles. The summed E-state index contributed by atoms with van der Waals surface area (Å²) >= 11 is 5.91. The van der Waals surface area contributed by atoms with Gasteiger partial charge in [-0.05, 0) is 135 Å². The second kappa shape index (κ2) is 34.6. The lowest BCUT2D eigenvalue weighted by molar-refractivity contribution is 0.0189. The van der Waals surface area contributed by atoms with Crippen LogP contribution >= 0.6 is 11.6 Å². The van der Waals surface area contributed by atoms with E-state index in [0.29, 0.717) is 73.2 Å². The molecule has 0 radical (unpaired) electrons. The highest BCUT2D eigenvalue weighted by Crippen LogP contribution is 2.40. The van der Waals surface area contributed by atoms with Crippen molar-refractivity contribution in [2.24, 2.45) is 0 Å². The first-order valence-electron chi connectivity index (χ1n) is 38.8. The van der Waals surface area contributed by atoms with Gasteiger partial charge in [-0.3, -0.25) is 19.5 Å². The molecule has 9 aromatic heterocycles.